The molecule has 1 N–H and O–H groups in total. The second-order valence-electron chi connectivity index (χ2n) is 4.95. The number of nitrogens with one attached hydrogen (secondary N) is 1. The molecule has 0 saturated carbocycles. The quantitative estimate of drug-likeness (QED) is 0.579. The molecule has 0 amide bonds. The van der Waals surface area contributed by atoms with Crippen molar-refractivity contribution in [2.45, 2.75) is 59.0 Å². The van der Waals surface area contributed by atoms with E-state index in [1.165, 1.54) is 26.4 Å². The Bertz CT molecular complexity index is 398. The molecule has 0 bridgehead atoms. The van der Waals surface area contributed by atoms with Crippen molar-refractivity contribution in [1.82, 2.24) is 5.32 Å². The van der Waals surface area contributed by atoms with Crippen LogP contribution in [0.3, 0.4) is 0 Å². The first-order valence-corrected chi connectivity index (χ1v) is 6.99. The molecule has 1 atom stereocenters. The molecule has 0 fully saturated rings. The molecule has 4 heteroatoms. The lowest BCUT2D eigenvalue weighted by Gasteiger charge is -2.12. The number of carbonyl (C=O) groups is 1. The molecule has 0 saturated heterocycles. The molecular formula is C15H25NO3. The van der Waals surface area contributed by atoms with Gasteiger partial charge in [0.1, 0.15) is 17.1 Å². The molecule has 0 aromatic carbocycles. The van der Waals surface area contributed by atoms with Crippen molar-refractivity contribution in [3.63, 3.8) is 0 Å². The van der Waals surface area contributed by atoms with Crippen LogP contribution in [0, 0.1) is 6.92 Å². The molecule has 0 spiro atoms. The first kappa shape index (κ1) is 15.8. The van der Waals surface area contributed by atoms with Crippen molar-refractivity contribution in [2.75, 3.05) is 7.11 Å². The summed E-state index contributed by atoms with van der Waals surface area (Å²) >= 11 is 0. The zero-order chi connectivity index (χ0) is 14.3. The summed E-state index contributed by atoms with van der Waals surface area (Å²) in [6, 6.07) is 2.21. The summed E-state index contributed by atoms with van der Waals surface area (Å²) in [5, 5.41) is 3.41. The summed E-state index contributed by atoms with van der Waals surface area (Å²) in [6.45, 7) is 6.80. The maximum absolute atomic E-state index is 11.5. The number of carbonyl (C=O) groups excluding carboxylic acids is 1. The summed E-state index contributed by atoms with van der Waals surface area (Å²) < 4.78 is 10.3. The van der Waals surface area contributed by atoms with Crippen LogP contribution in [-0.2, 0) is 11.3 Å². The van der Waals surface area contributed by atoms with Crippen molar-refractivity contribution >= 4 is 5.97 Å². The Morgan fingerprint density at radius 2 is 2.21 bits per heavy atom. The lowest BCUT2D eigenvalue weighted by Crippen LogP contribution is -2.25. The largest absolute Gasteiger partial charge is 0.465 e. The van der Waals surface area contributed by atoms with E-state index in [9.17, 15) is 4.79 Å². The SMILES string of the molecule is CCCCCC(C)NCc1cc(C(=O)OC)c(C)o1. The van der Waals surface area contributed by atoms with E-state index in [-0.39, 0.29) is 5.97 Å². The van der Waals surface area contributed by atoms with Crippen LogP contribution in [0.5, 0.6) is 0 Å². The minimum absolute atomic E-state index is 0.344. The van der Waals surface area contributed by atoms with Crippen molar-refractivity contribution in [3.05, 3.63) is 23.2 Å². The van der Waals surface area contributed by atoms with Gasteiger partial charge >= 0.3 is 5.97 Å². The number of methoxy groups -OCH3 is 1. The molecule has 108 valence electrons. The van der Waals surface area contributed by atoms with Gasteiger partial charge in [-0.2, -0.15) is 0 Å². The van der Waals surface area contributed by atoms with Gasteiger partial charge in [-0.25, -0.2) is 4.79 Å². The molecule has 1 unspecified atom stereocenters. The lowest BCUT2D eigenvalue weighted by molar-refractivity contribution is 0.0599. The molecule has 1 heterocycles. The predicted molar refractivity (Wildman–Crippen MR) is 75.2 cm³/mol. The molecule has 19 heavy (non-hydrogen) atoms. The van der Waals surface area contributed by atoms with Gasteiger partial charge < -0.3 is 14.5 Å². The highest BCUT2D eigenvalue weighted by Gasteiger charge is 2.15. The standard InChI is InChI=1S/C15H25NO3/c1-5-6-7-8-11(2)16-10-13-9-14(12(3)19-13)15(17)18-4/h9,11,16H,5-8,10H2,1-4H3. The molecule has 0 aliphatic heterocycles. The molecule has 0 radical (unpaired) electrons. The van der Waals surface area contributed by atoms with Crippen LogP contribution >= 0.6 is 0 Å². The number of esters is 1. The maximum atomic E-state index is 11.5. The normalized spacial score (nSPS) is 12.4. The van der Waals surface area contributed by atoms with Crippen LogP contribution < -0.4 is 5.32 Å². The van der Waals surface area contributed by atoms with Gasteiger partial charge in [-0.05, 0) is 26.3 Å². The summed E-state index contributed by atoms with van der Waals surface area (Å²) in [7, 11) is 1.38. The van der Waals surface area contributed by atoms with E-state index in [1.54, 1.807) is 13.0 Å². The number of aryl methyl sites for hydroxylation is 1. The molecule has 0 aliphatic rings. The van der Waals surface area contributed by atoms with Crippen LogP contribution in [0.2, 0.25) is 0 Å². The van der Waals surface area contributed by atoms with Crippen LogP contribution in [0.15, 0.2) is 10.5 Å². The molecule has 0 aliphatic carbocycles. The first-order chi connectivity index (χ1) is 9.08. The summed E-state index contributed by atoms with van der Waals surface area (Å²) in [5.74, 6) is 1.05. The minimum atomic E-state index is -0.344. The van der Waals surface area contributed by atoms with E-state index in [2.05, 4.69) is 19.2 Å². The lowest BCUT2D eigenvalue weighted by atomic mass is 10.1. The summed E-state index contributed by atoms with van der Waals surface area (Å²) in [6.07, 6.45) is 4.93. The second-order valence-corrected chi connectivity index (χ2v) is 4.95. The Labute approximate surface area is 115 Å². The zero-order valence-electron chi connectivity index (χ0n) is 12.4. The topological polar surface area (TPSA) is 51.5 Å². The Morgan fingerprint density at radius 3 is 2.84 bits per heavy atom. The van der Waals surface area contributed by atoms with Crippen molar-refractivity contribution in [1.29, 1.82) is 0 Å². The van der Waals surface area contributed by atoms with Gasteiger partial charge in [0, 0.05) is 6.04 Å². The number of ether oxygens (including phenoxy) is 1. The first-order valence-electron chi connectivity index (χ1n) is 6.99. The second kappa shape index (κ2) is 8.00. The van der Waals surface area contributed by atoms with Gasteiger partial charge in [-0.1, -0.05) is 26.2 Å². The number of rotatable bonds is 8. The van der Waals surface area contributed by atoms with E-state index >= 15 is 0 Å². The average molecular weight is 267 g/mol. The number of hydrogen-bond acceptors (Lipinski definition) is 4. The number of furan rings is 1. The Balaban J connectivity index is 2.43. The smallest absolute Gasteiger partial charge is 0.341 e. The van der Waals surface area contributed by atoms with Crippen molar-refractivity contribution in [3.8, 4) is 0 Å². The fourth-order valence-corrected chi connectivity index (χ4v) is 2.02. The van der Waals surface area contributed by atoms with Gasteiger partial charge in [-0.15, -0.1) is 0 Å². The third kappa shape index (κ3) is 5.07. The van der Waals surface area contributed by atoms with Crippen LogP contribution in [-0.4, -0.2) is 19.1 Å². The Hall–Kier alpha value is -1.29. The highest BCUT2D eigenvalue weighted by molar-refractivity contribution is 5.90. The molecular weight excluding hydrogens is 242 g/mol. The van der Waals surface area contributed by atoms with Crippen molar-refractivity contribution in [2.24, 2.45) is 0 Å². The van der Waals surface area contributed by atoms with Crippen LogP contribution in [0.4, 0.5) is 0 Å². The maximum Gasteiger partial charge on any atom is 0.341 e. The van der Waals surface area contributed by atoms with Crippen LogP contribution in [0.1, 0.15) is 61.4 Å². The number of hydrogen-bond donors (Lipinski definition) is 1. The van der Waals surface area contributed by atoms with E-state index in [0.717, 1.165) is 12.2 Å². The molecule has 1 rings (SSSR count). The zero-order valence-corrected chi connectivity index (χ0v) is 12.4. The Morgan fingerprint density at radius 1 is 1.47 bits per heavy atom. The fourth-order valence-electron chi connectivity index (χ4n) is 2.02. The third-order valence-corrected chi connectivity index (χ3v) is 3.24. The third-order valence-electron chi connectivity index (χ3n) is 3.24. The summed E-state index contributed by atoms with van der Waals surface area (Å²) in [4.78, 5) is 11.5. The van der Waals surface area contributed by atoms with E-state index in [1.807, 2.05) is 0 Å². The molecule has 1 aromatic heterocycles. The van der Waals surface area contributed by atoms with Gasteiger partial charge in [0.2, 0.25) is 0 Å². The number of unbranched alkanes of at least 4 members (excludes halogenated alkanes) is 2. The van der Waals surface area contributed by atoms with E-state index < -0.39 is 0 Å². The summed E-state index contributed by atoms with van der Waals surface area (Å²) in [5.41, 5.74) is 0.512. The average Bonchev–Trinajstić information content (AvgIpc) is 2.77. The monoisotopic (exact) mass is 267 g/mol. The highest BCUT2D eigenvalue weighted by atomic mass is 16.5. The van der Waals surface area contributed by atoms with Crippen LogP contribution in [0.25, 0.3) is 0 Å². The van der Waals surface area contributed by atoms with Gasteiger partial charge in [0.05, 0.1) is 13.7 Å². The predicted octanol–water partition coefficient (Wildman–Crippen LogP) is 3.43. The van der Waals surface area contributed by atoms with Crippen molar-refractivity contribution < 1.29 is 13.9 Å². The van der Waals surface area contributed by atoms with E-state index in [0.29, 0.717) is 23.9 Å². The fraction of sp³-hybridized carbons (Fsp3) is 0.667. The Kier molecular flexibility index (Phi) is 6.64. The molecule has 1 aromatic rings. The molecule has 4 nitrogen and oxygen atoms in total. The van der Waals surface area contributed by atoms with E-state index in [4.69, 9.17) is 9.15 Å². The highest BCUT2D eigenvalue weighted by Crippen LogP contribution is 2.16. The minimum Gasteiger partial charge on any atom is -0.465 e. The van der Waals surface area contributed by atoms with Gasteiger partial charge in [0.25, 0.3) is 0 Å². The van der Waals surface area contributed by atoms with Gasteiger partial charge in [0.15, 0.2) is 0 Å². The van der Waals surface area contributed by atoms with Gasteiger partial charge in [-0.3, -0.25) is 0 Å².